The number of hydrogen-bond acceptors (Lipinski definition) is 5. The van der Waals surface area contributed by atoms with Gasteiger partial charge in [-0.1, -0.05) is 18.2 Å². The minimum atomic E-state index is -0.997. The van der Waals surface area contributed by atoms with Crippen LogP contribution in [0.4, 0.5) is 5.69 Å². The standard InChI is InChI=1S/C18H14N4O3/c1-11-16(15-7-2-3-8-20-15)17(14(10-19)18(23)21-11)12-5-4-6-13(9-12)22(24)25/h2-9,14,17H,1H3,(H,21,23). The molecule has 0 aliphatic carbocycles. The van der Waals surface area contributed by atoms with Crippen molar-refractivity contribution in [2.75, 3.05) is 0 Å². The maximum atomic E-state index is 12.3. The number of carbonyl (C=O) groups is 1. The third-order valence-electron chi connectivity index (χ3n) is 4.16. The van der Waals surface area contributed by atoms with Gasteiger partial charge in [-0.2, -0.15) is 5.26 Å². The summed E-state index contributed by atoms with van der Waals surface area (Å²) in [5.74, 6) is -2.05. The van der Waals surface area contributed by atoms with E-state index in [0.29, 0.717) is 22.5 Å². The van der Waals surface area contributed by atoms with Crippen molar-refractivity contribution < 1.29 is 9.72 Å². The Bertz CT molecular complexity index is 915. The van der Waals surface area contributed by atoms with E-state index < -0.39 is 22.7 Å². The van der Waals surface area contributed by atoms with E-state index in [4.69, 9.17) is 0 Å². The Morgan fingerprint density at radius 2 is 2.08 bits per heavy atom. The van der Waals surface area contributed by atoms with E-state index in [9.17, 15) is 20.2 Å². The van der Waals surface area contributed by atoms with Crippen LogP contribution < -0.4 is 5.32 Å². The molecule has 124 valence electrons. The first kappa shape index (κ1) is 16.3. The lowest BCUT2D eigenvalue weighted by Crippen LogP contribution is -2.38. The highest BCUT2D eigenvalue weighted by Crippen LogP contribution is 2.42. The summed E-state index contributed by atoms with van der Waals surface area (Å²) < 4.78 is 0. The Hall–Kier alpha value is -3.53. The van der Waals surface area contributed by atoms with Crippen LogP contribution >= 0.6 is 0 Å². The lowest BCUT2D eigenvalue weighted by Gasteiger charge is -2.31. The molecule has 0 spiro atoms. The van der Waals surface area contributed by atoms with Crippen LogP contribution in [0, 0.1) is 27.4 Å². The zero-order valence-corrected chi connectivity index (χ0v) is 13.3. The molecule has 2 heterocycles. The average molecular weight is 334 g/mol. The summed E-state index contributed by atoms with van der Waals surface area (Å²) >= 11 is 0. The first-order valence-corrected chi connectivity index (χ1v) is 7.60. The number of pyridine rings is 1. The molecule has 1 amide bonds. The highest BCUT2D eigenvalue weighted by Gasteiger charge is 2.39. The van der Waals surface area contributed by atoms with Crippen molar-refractivity contribution in [3.05, 3.63) is 75.7 Å². The Morgan fingerprint density at radius 1 is 1.28 bits per heavy atom. The van der Waals surface area contributed by atoms with Gasteiger partial charge in [0.2, 0.25) is 5.91 Å². The van der Waals surface area contributed by atoms with E-state index in [-0.39, 0.29) is 5.69 Å². The molecule has 1 aromatic heterocycles. The zero-order valence-electron chi connectivity index (χ0n) is 13.3. The van der Waals surface area contributed by atoms with E-state index >= 15 is 0 Å². The second kappa shape index (κ2) is 6.53. The number of benzene rings is 1. The molecule has 0 saturated carbocycles. The van der Waals surface area contributed by atoms with Crippen LogP contribution in [0.3, 0.4) is 0 Å². The van der Waals surface area contributed by atoms with E-state index in [1.165, 1.54) is 12.1 Å². The lowest BCUT2D eigenvalue weighted by molar-refractivity contribution is -0.384. The fourth-order valence-electron chi connectivity index (χ4n) is 3.08. The summed E-state index contributed by atoms with van der Waals surface area (Å²) in [7, 11) is 0. The highest BCUT2D eigenvalue weighted by atomic mass is 16.6. The van der Waals surface area contributed by atoms with Crippen molar-refractivity contribution in [3.8, 4) is 6.07 Å². The molecule has 2 unspecified atom stereocenters. The van der Waals surface area contributed by atoms with E-state index in [2.05, 4.69) is 10.3 Å². The molecule has 1 aliphatic heterocycles. The van der Waals surface area contributed by atoms with Gasteiger partial charge < -0.3 is 5.32 Å². The molecule has 0 fully saturated rings. The van der Waals surface area contributed by atoms with Gasteiger partial charge in [-0.05, 0) is 24.6 Å². The number of nitro groups is 1. The molecular weight excluding hydrogens is 320 g/mol. The predicted octanol–water partition coefficient (Wildman–Crippen LogP) is 2.77. The number of nitro benzene ring substituents is 1. The summed E-state index contributed by atoms with van der Waals surface area (Å²) in [6.07, 6.45) is 1.62. The molecule has 0 saturated heterocycles. The second-order valence-electron chi connectivity index (χ2n) is 5.68. The summed E-state index contributed by atoms with van der Waals surface area (Å²) in [6.45, 7) is 1.74. The largest absolute Gasteiger partial charge is 0.329 e. The Morgan fingerprint density at radius 3 is 2.72 bits per heavy atom. The normalized spacial score (nSPS) is 19.9. The molecule has 1 N–H and O–H groups in total. The monoisotopic (exact) mass is 334 g/mol. The molecule has 0 bridgehead atoms. The minimum Gasteiger partial charge on any atom is -0.329 e. The first-order chi connectivity index (χ1) is 12.0. The summed E-state index contributed by atoms with van der Waals surface area (Å²) in [5.41, 5.74) is 2.35. The fourth-order valence-corrected chi connectivity index (χ4v) is 3.08. The number of rotatable bonds is 3. The maximum absolute atomic E-state index is 12.3. The summed E-state index contributed by atoms with van der Waals surface area (Å²) in [4.78, 5) is 27.2. The van der Waals surface area contributed by atoms with Gasteiger partial charge in [0.1, 0.15) is 5.92 Å². The van der Waals surface area contributed by atoms with Gasteiger partial charge >= 0.3 is 0 Å². The molecule has 2 atom stereocenters. The molecule has 1 aromatic carbocycles. The third-order valence-corrected chi connectivity index (χ3v) is 4.16. The number of aromatic nitrogens is 1. The van der Waals surface area contributed by atoms with Gasteiger partial charge in [-0.15, -0.1) is 0 Å². The average Bonchev–Trinajstić information content (AvgIpc) is 2.62. The van der Waals surface area contributed by atoms with Crippen molar-refractivity contribution in [2.45, 2.75) is 12.8 Å². The minimum absolute atomic E-state index is 0.0850. The van der Waals surface area contributed by atoms with Crippen LogP contribution in [0.15, 0.2) is 54.4 Å². The van der Waals surface area contributed by atoms with Gasteiger partial charge in [0.15, 0.2) is 0 Å². The van der Waals surface area contributed by atoms with Crippen molar-refractivity contribution in [3.63, 3.8) is 0 Å². The van der Waals surface area contributed by atoms with Crippen LogP contribution in [0.25, 0.3) is 5.57 Å². The van der Waals surface area contributed by atoms with Crippen molar-refractivity contribution in [1.29, 1.82) is 5.26 Å². The van der Waals surface area contributed by atoms with Crippen LogP contribution in [0.1, 0.15) is 24.1 Å². The van der Waals surface area contributed by atoms with E-state index in [0.717, 1.165) is 0 Å². The summed E-state index contributed by atoms with van der Waals surface area (Å²) in [5, 5.41) is 23.3. The lowest BCUT2D eigenvalue weighted by atomic mass is 9.76. The molecule has 7 heteroatoms. The van der Waals surface area contributed by atoms with E-state index in [1.54, 1.807) is 37.4 Å². The molecule has 25 heavy (non-hydrogen) atoms. The number of non-ortho nitro benzene ring substituents is 1. The Balaban J connectivity index is 2.22. The molecule has 1 aliphatic rings. The number of nitrogens with zero attached hydrogens (tertiary/aromatic N) is 3. The van der Waals surface area contributed by atoms with Crippen molar-refractivity contribution in [1.82, 2.24) is 10.3 Å². The second-order valence-corrected chi connectivity index (χ2v) is 5.68. The topological polar surface area (TPSA) is 109 Å². The highest BCUT2D eigenvalue weighted by molar-refractivity contribution is 5.93. The van der Waals surface area contributed by atoms with Crippen LogP contribution in [0.2, 0.25) is 0 Å². The maximum Gasteiger partial charge on any atom is 0.269 e. The number of nitrogens with one attached hydrogen (secondary N) is 1. The van der Waals surface area contributed by atoms with Crippen molar-refractivity contribution >= 4 is 17.2 Å². The van der Waals surface area contributed by atoms with Crippen molar-refractivity contribution in [2.24, 2.45) is 5.92 Å². The number of amides is 1. The summed E-state index contributed by atoms with van der Waals surface area (Å²) in [6, 6.07) is 13.4. The third kappa shape index (κ3) is 2.97. The number of carbonyl (C=O) groups excluding carboxylic acids is 1. The zero-order chi connectivity index (χ0) is 18.0. The van der Waals surface area contributed by atoms with Gasteiger partial charge in [-0.3, -0.25) is 19.9 Å². The SMILES string of the molecule is CC1=C(c2ccccn2)C(c2cccc([N+](=O)[O-])c2)C(C#N)C(=O)N1. The number of nitriles is 1. The first-order valence-electron chi connectivity index (χ1n) is 7.60. The fraction of sp³-hybridized carbons (Fsp3) is 0.167. The van der Waals surface area contributed by atoms with Crippen LogP contribution in [-0.2, 0) is 4.79 Å². The quantitative estimate of drug-likeness (QED) is 0.685. The Kier molecular flexibility index (Phi) is 4.27. The molecule has 3 rings (SSSR count). The number of allylic oxidation sites excluding steroid dienone is 2. The van der Waals surface area contributed by atoms with Gasteiger partial charge in [0, 0.05) is 35.5 Å². The molecule has 7 nitrogen and oxygen atoms in total. The van der Waals surface area contributed by atoms with Gasteiger partial charge in [-0.25, -0.2) is 0 Å². The number of hydrogen-bond donors (Lipinski definition) is 1. The van der Waals surface area contributed by atoms with E-state index in [1.807, 2.05) is 12.1 Å². The van der Waals surface area contributed by atoms with Crippen LogP contribution in [0.5, 0.6) is 0 Å². The van der Waals surface area contributed by atoms with Gasteiger partial charge in [0.05, 0.1) is 16.7 Å². The predicted molar refractivity (Wildman–Crippen MR) is 89.9 cm³/mol. The Labute approximate surface area is 143 Å². The van der Waals surface area contributed by atoms with Gasteiger partial charge in [0.25, 0.3) is 5.69 Å². The van der Waals surface area contributed by atoms with Crippen LogP contribution in [-0.4, -0.2) is 15.8 Å². The smallest absolute Gasteiger partial charge is 0.269 e. The molecule has 2 aromatic rings. The molecular formula is C18H14N4O3. The molecule has 0 radical (unpaired) electrons.